The number of para-hydroxylation sites is 1. The number of aromatic amines is 1. The SMILES string of the molecule is O=C(COC(=O)Cc1c[nH]c2ccccc12)NNC(=O)c1ccccc1F. The third-order valence-corrected chi connectivity index (χ3v) is 3.81. The summed E-state index contributed by atoms with van der Waals surface area (Å²) in [6.07, 6.45) is 1.71. The summed E-state index contributed by atoms with van der Waals surface area (Å²) in [4.78, 5) is 38.4. The molecule has 1 heterocycles. The number of ether oxygens (including phenoxy) is 1. The van der Waals surface area contributed by atoms with Crippen LogP contribution in [0.2, 0.25) is 0 Å². The van der Waals surface area contributed by atoms with E-state index < -0.39 is 30.2 Å². The number of H-pyrrole nitrogens is 1. The highest BCUT2D eigenvalue weighted by molar-refractivity contribution is 5.95. The first-order chi connectivity index (χ1) is 13.0. The van der Waals surface area contributed by atoms with Gasteiger partial charge in [-0.3, -0.25) is 25.2 Å². The number of rotatable bonds is 5. The van der Waals surface area contributed by atoms with Crippen molar-refractivity contribution in [3.63, 3.8) is 0 Å². The fraction of sp³-hybridized carbons (Fsp3) is 0.105. The quantitative estimate of drug-likeness (QED) is 0.472. The first-order valence-corrected chi connectivity index (χ1v) is 8.09. The van der Waals surface area contributed by atoms with Crippen LogP contribution in [0.15, 0.2) is 54.7 Å². The molecule has 0 atom stereocenters. The van der Waals surface area contributed by atoms with Crippen LogP contribution in [-0.2, 0) is 20.7 Å². The molecular formula is C19H16FN3O4. The Balaban J connectivity index is 1.45. The van der Waals surface area contributed by atoms with Crippen molar-refractivity contribution in [2.75, 3.05) is 6.61 Å². The third-order valence-electron chi connectivity index (χ3n) is 3.81. The zero-order valence-corrected chi connectivity index (χ0v) is 14.1. The number of benzene rings is 2. The van der Waals surface area contributed by atoms with E-state index in [2.05, 4.69) is 15.8 Å². The lowest BCUT2D eigenvalue weighted by Crippen LogP contribution is -2.43. The summed E-state index contributed by atoms with van der Waals surface area (Å²) in [5, 5.41) is 0.899. The van der Waals surface area contributed by atoms with Gasteiger partial charge in [0.25, 0.3) is 11.8 Å². The maximum absolute atomic E-state index is 13.5. The molecule has 0 bridgehead atoms. The minimum absolute atomic E-state index is 0.00111. The second-order valence-corrected chi connectivity index (χ2v) is 5.68. The maximum atomic E-state index is 13.5. The molecule has 1 aromatic heterocycles. The lowest BCUT2D eigenvalue weighted by molar-refractivity contribution is -0.148. The summed E-state index contributed by atoms with van der Waals surface area (Å²) in [6, 6.07) is 12.8. The minimum atomic E-state index is -0.813. The normalized spacial score (nSPS) is 10.4. The molecule has 0 radical (unpaired) electrons. The molecule has 3 aromatic rings. The van der Waals surface area contributed by atoms with E-state index >= 15 is 0 Å². The standard InChI is InChI=1S/C19H16FN3O4/c20-15-7-3-1-6-14(15)19(26)23-22-17(24)11-27-18(25)9-12-10-21-16-8-4-2-5-13(12)16/h1-8,10,21H,9,11H2,(H,22,24)(H,23,26). The van der Waals surface area contributed by atoms with Crippen LogP contribution < -0.4 is 10.9 Å². The highest BCUT2D eigenvalue weighted by atomic mass is 19.1. The topological polar surface area (TPSA) is 100 Å². The van der Waals surface area contributed by atoms with Gasteiger partial charge in [0.05, 0.1) is 12.0 Å². The van der Waals surface area contributed by atoms with Gasteiger partial charge in [0.2, 0.25) is 0 Å². The van der Waals surface area contributed by atoms with Gasteiger partial charge in [-0.25, -0.2) is 4.39 Å². The Morgan fingerprint density at radius 1 is 1.00 bits per heavy atom. The number of esters is 1. The average Bonchev–Trinajstić information content (AvgIpc) is 3.08. The number of aromatic nitrogens is 1. The molecule has 0 aliphatic heterocycles. The zero-order valence-electron chi connectivity index (χ0n) is 14.1. The highest BCUT2D eigenvalue weighted by Gasteiger charge is 2.14. The van der Waals surface area contributed by atoms with Gasteiger partial charge < -0.3 is 9.72 Å². The van der Waals surface area contributed by atoms with E-state index in [1.165, 1.54) is 18.2 Å². The van der Waals surface area contributed by atoms with Crippen molar-refractivity contribution in [1.29, 1.82) is 0 Å². The largest absolute Gasteiger partial charge is 0.455 e. The maximum Gasteiger partial charge on any atom is 0.310 e. The van der Waals surface area contributed by atoms with Crippen molar-refractivity contribution in [2.24, 2.45) is 0 Å². The van der Waals surface area contributed by atoms with Crippen LogP contribution >= 0.6 is 0 Å². The molecule has 0 aliphatic rings. The summed E-state index contributed by atoms with van der Waals surface area (Å²) in [5.74, 6) is -2.86. The molecular weight excluding hydrogens is 353 g/mol. The van der Waals surface area contributed by atoms with E-state index in [9.17, 15) is 18.8 Å². The summed E-state index contributed by atoms with van der Waals surface area (Å²) in [7, 11) is 0. The van der Waals surface area contributed by atoms with Crippen molar-refractivity contribution < 1.29 is 23.5 Å². The van der Waals surface area contributed by atoms with Crippen molar-refractivity contribution in [3.8, 4) is 0 Å². The van der Waals surface area contributed by atoms with Gasteiger partial charge in [-0.1, -0.05) is 30.3 Å². The smallest absolute Gasteiger partial charge is 0.310 e. The van der Waals surface area contributed by atoms with Gasteiger partial charge in [0.1, 0.15) is 5.82 Å². The zero-order chi connectivity index (χ0) is 19.2. The first kappa shape index (κ1) is 18.1. The number of hydrazine groups is 1. The Morgan fingerprint density at radius 2 is 1.74 bits per heavy atom. The number of halogens is 1. The molecule has 7 nitrogen and oxygen atoms in total. The molecule has 27 heavy (non-hydrogen) atoms. The summed E-state index contributed by atoms with van der Waals surface area (Å²) in [5.41, 5.74) is 5.56. The van der Waals surface area contributed by atoms with Gasteiger partial charge in [-0.05, 0) is 23.8 Å². The van der Waals surface area contributed by atoms with Crippen LogP contribution in [0.1, 0.15) is 15.9 Å². The molecule has 2 aromatic carbocycles. The molecule has 0 saturated carbocycles. The Kier molecular flexibility index (Phi) is 5.46. The second kappa shape index (κ2) is 8.13. The van der Waals surface area contributed by atoms with Crippen LogP contribution in [0.4, 0.5) is 4.39 Å². The second-order valence-electron chi connectivity index (χ2n) is 5.68. The van der Waals surface area contributed by atoms with Gasteiger partial charge in [0.15, 0.2) is 6.61 Å². The van der Waals surface area contributed by atoms with Crippen LogP contribution in [0.5, 0.6) is 0 Å². The number of fused-ring (bicyclic) bond motifs is 1. The predicted molar refractivity (Wildman–Crippen MR) is 95.0 cm³/mol. The lowest BCUT2D eigenvalue weighted by atomic mass is 10.1. The predicted octanol–water partition coefficient (Wildman–Crippen LogP) is 1.85. The number of carbonyl (C=O) groups is 3. The Labute approximate surface area is 153 Å². The van der Waals surface area contributed by atoms with Crippen molar-refractivity contribution in [2.45, 2.75) is 6.42 Å². The van der Waals surface area contributed by atoms with Crippen LogP contribution in [-0.4, -0.2) is 29.4 Å². The molecule has 0 aliphatic carbocycles. The number of hydrogen-bond acceptors (Lipinski definition) is 4. The summed E-state index contributed by atoms with van der Waals surface area (Å²) < 4.78 is 18.4. The van der Waals surface area contributed by atoms with Crippen molar-refractivity contribution in [1.82, 2.24) is 15.8 Å². The Morgan fingerprint density at radius 3 is 2.56 bits per heavy atom. The van der Waals surface area contributed by atoms with Crippen LogP contribution in [0, 0.1) is 5.82 Å². The van der Waals surface area contributed by atoms with Crippen molar-refractivity contribution in [3.05, 3.63) is 71.7 Å². The molecule has 0 spiro atoms. The number of carbonyl (C=O) groups excluding carboxylic acids is 3. The first-order valence-electron chi connectivity index (χ1n) is 8.09. The Bertz CT molecular complexity index is 999. The van der Waals surface area contributed by atoms with E-state index in [-0.39, 0.29) is 12.0 Å². The van der Waals surface area contributed by atoms with E-state index in [4.69, 9.17) is 4.74 Å². The van der Waals surface area contributed by atoms with Crippen LogP contribution in [0.25, 0.3) is 10.9 Å². The van der Waals surface area contributed by atoms with E-state index in [0.29, 0.717) is 0 Å². The van der Waals surface area contributed by atoms with E-state index in [0.717, 1.165) is 22.5 Å². The molecule has 3 N–H and O–H groups in total. The fourth-order valence-electron chi connectivity index (χ4n) is 2.51. The van der Waals surface area contributed by atoms with E-state index in [1.807, 2.05) is 24.3 Å². The minimum Gasteiger partial charge on any atom is -0.455 e. The fourth-order valence-corrected chi connectivity index (χ4v) is 2.51. The number of nitrogens with one attached hydrogen (secondary N) is 3. The molecule has 2 amide bonds. The molecule has 8 heteroatoms. The molecule has 0 fully saturated rings. The molecule has 0 saturated heterocycles. The molecule has 3 rings (SSSR count). The van der Waals surface area contributed by atoms with Gasteiger partial charge in [-0.15, -0.1) is 0 Å². The summed E-state index contributed by atoms with van der Waals surface area (Å²) in [6.45, 7) is -0.571. The average molecular weight is 369 g/mol. The molecule has 0 unspecified atom stereocenters. The summed E-state index contributed by atoms with van der Waals surface area (Å²) >= 11 is 0. The number of amides is 2. The van der Waals surface area contributed by atoms with Crippen molar-refractivity contribution >= 4 is 28.7 Å². The highest BCUT2D eigenvalue weighted by Crippen LogP contribution is 2.18. The van der Waals surface area contributed by atoms with Gasteiger partial charge in [-0.2, -0.15) is 0 Å². The van der Waals surface area contributed by atoms with Crippen LogP contribution in [0.3, 0.4) is 0 Å². The molecule has 138 valence electrons. The monoisotopic (exact) mass is 369 g/mol. The third kappa shape index (κ3) is 4.49. The Hall–Kier alpha value is -3.68. The lowest BCUT2D eigenvalue weighted by Gasteiger charge is -2.08. The van der Waals surface area contributed by atoms with E-state index in [1.54, 1.807) is 6.20 Å². The number of hydrogen-bond donors (Lipinski definition) is 3. The van der Waals surface area contributed by atoms with Gasteiger partial charge >= 0.3 is 5.97 Å². The van der Waals surface area contributed by atoms with Gasteiger partial charge in [0, 0.05) is 17.1 Å².